The molecular weight excluding hydrogens is 352 g/mol. The quantitative estimate of drug-likeness (QED) is 0.745. The number of anilines is 1. The number of likely N-dealkylation sites (tertiary alicyclic amines) is 1. The summed E-state index contributed by atoms with van der Waals surface area (Å²) in [6, 6.07) is 8.43. The molecule has 26 heavy (non-hydrogen) atoms. The van der Waals surface area contributed by atoms with Crippen LogP contribution in [0.1, 0.15) is 25.3 Å². The van der Waals surface area contributed by atoms with Crippen molar-refractivity contribution < 1.29 is 9.47 Å². The van der Waals surface area contributed by atoms with Gasteiger partial charge in [0.05, 0.1) is 13.7 Å². The predicted molar refractivity (Wildman–Crippen MR) is 103 cm³/mol. The van der Waals surface area contributed by atoms with Gasteiger partial charge in [-0.2, -0.15) is 0 Å². The normalized spacial score (nSPS) is 15.7. The zero-order valence-corrected chi connectivity index (χ0v) is 16.0. The molecule has 0 atom stereocenters. The van der Waals surface area contributed by atoms with Gasteiger partial charge < -0.3 is 14.8 Å². The van der Waals surface area contributed by atoms with Crippen LogP contribution in [0, 0.1) is 0 Å². The number of benzene rings is 1. The molecule has 0 spiro atoms. The lowest BCUT2D eigenvalue weighted by Gasteiger charge is -2.32. The fraction of sp³-hybridized carbons (Fsp3) is 0.474. The van der Waals surface area contributed by atoms with E-state index in [9.17, 15) is 0 Å². The largest absolute Gasteiger partial charge is 0.493 e. The van der Waals surface area contributed by atoms with E-state index in [1.54, 1.807) is 13.3 Å². The second kappa shape index (κ2) is 9.05. The van der Waals surface area contributed by atoms with Crippen molar-refractivity contribution in [3.8, 4) is 11.5 Å². The number of methoxy groups -OCH3 is 1. The predicted octanol–water partition coefficient (Wildman–Crippen LogP) is 3.61. The number of piperidine rings is 1. The summed E-state index contributed by atoms with van der Waals surface area (Å²) >= 11 is 5.84. The standard InChI is InChI=1S/C19H25ClN4O2/c1-3-26-17-12-14(4-5-16(17)25-2)13-24-10-7-15(8-11-24)22-18-6-9-21-19(20)23-18/h4-6,9,12,15H,3,7-8,10-11,13H2,1-2H3,(H,21,22,23). The molecule has 0 unspecified atom stereocenters. The average molecular weight is 377 g/mol. The Morgan fingerprint density at radius 3 is 2.73 bits per heavy atom. The number of hydrogen-bond donors (Lipinski definition) is 1. The molecule has 1 saturated heterocycles. The molecule has 0 bridgehead atoms. The molecule has 1 aliphatic heterocycles. The number of halogens is 1. The minimum atomic E-state index is 0.275. The topological polar surface area (TPSA) is 59.5 Å². The van der Waals surface area contributed by atoms with Gasteiger partial charge in [-0.1, -0.05) is 6.07 Å². The molecule has 1 fully saturated rings. The van der Waals surface area contributed by atoms with Crippen LogP contribution in [0.2, 0.25) is 5.28 Å². The van der Waals surface area contributed by atoms with Crippen LogP contribution in [-0.4, -0.2) is 47.7 Å². The van der Waals surface area contributed by atoms with Gasteiger partial charge >= 0.3 is 0 Å². The number of nitrogens with one attached hydrogen (secondary N) is 1. The average Bonchev–Trinajstić information content (AvgIpc) is 2.64. The van der Waals surface area contributed by atoms with Crippen LogP contribution >= 0.6 is 11.6 Å². The summed E-state index contributed by atoms with van der Waals surface area (Å²) in [4.78, 5) is 10.6. The first-order valence-corrected chi connectivity index (χ1v) is 9.33. The Labute approximate surface area is 159 Å². The van der Waals surface area contributed by atoms with Gasteiger partial charge in [-0.15, -0.1) is 0 Å². The molecule has 0 saturated carbocycles. The van der Waals surface area contributed by atoms with E-state index in [0.29, 0.717) is 12.6 Å². The van der Waals surface area contributed by atoms with E-state index in [4.69, 9.17) is 21.1 Å². The summed E-state index contributed by atoms with van der Waals surface area (Å²) in [6.45, 7) is 5.59. The molecule has 0 aliphatic carbocycles. The van der Waals surface area contributed by atoms with Crippen molar-refractivity contribution in [2.45, 2.75) is 32.4 Å². The van der Waals surface area contributed by atoms with Crippen molar-refractivity contribution in [3.05, 3.63) is 41.3 Å². The van der Waals surface area contributed by atoms with Crippen LogP contribution < -0.4 is 14.8 Å². The molecule has 7 heteroatoms. The Morgan fingerprint density at radius 2 is 2.04 bits per heavy atom. The van der Waals surface area contributed by atoms with Crippen LogP contribution in [0.25, 0.3) is 0 Å². The fourth-order valence-corrected chi connectivity index (χ4v) is 3.35. The van der Waals surface area contributed by atoms with E-state index in [0.717, 1.165) is 49.8 Å². The second-order valence-electron chi connectivity index (χ2n) is 6.32. The molecule has 2 heterocycles. The lowest BCUT2D eigenvalue weighted by atomic mass is 10.0. The van der Waals surface area contributed by atoms with Gasteiger partial charge in [0, 0.05) is 31.9 Å². The molecule has 2 aromatic rings. The molecule has 6 nitrogen and oxygen atoms in total. The third-order valence-corrected chi connectivity index (χ3v) is 4.68. The van der Waals surface area contributed by atoms with Crippen molar-refractivity contribution in [1.29, 1.82) is 0 Å². The Hall–Kier alpha value is -2.05. The first kappa shape index (κ1) is 18.7. The SMILES string of the molecule is CCOc1cc(CN2CCC(Nc3ccnc(Cl)n3)CC2)ccc1OC. The van der Waals surface area contributed by atoms with Crippen molar-refractivity contribution in [3.63, 3.8) is 0 Å². The molecule has 1 aromatic carbocycles. The highest BCUT2D eigenvalue weighted by Crippen LogP contribution is 2.29. The van der Waals surface area contributed by atoms with E-state index < -0.39 is 0 Å². The van der Waals surface area contributed by atoms with Crippen LogP contribution in [0.3, 0.4) is 0 Å². The minimum Gasteiger partial charge on any atom is -0.493 e. The molecule has 140 valence electrons. The van der Waals surface area contributed by atoms with E-state index >= 15 is 0 Å². The fourth-order valence-electron chi connectivity index (χ4n) is 3.21. The maximum Gasteiger partial charge on any atom is 0.224 e. The third-order valence-electron chi connectivity index (χ3n) is 4.50. The zero-order valence-electron chi connectivity index (χ0n) is 15.2. The minimum absolute atomic E-state index is 0.275. The summed E-state index contributed by atoms with van der Waals surface area (Å²) in [5, 5.41) is 3.72. The Bertz CT molecular complexity index is 720. The summed E-state index contributed by atoms with van der Waals surface area (Å²) in [6.07, 6.45) is 3.80. The van der Waals surface area contributed by atoms with E-state index in [2.05, 4.69) is 32.3 Å². The van der Waals surface area contributed by atoms with E-state index in [1.807, 2.05) is 19.1 Å². The number of aromatic nitrogens is 2. The van der Waals surface area contributed by atoms with Crippen molar-refractivity contribution >= 4 is 17.4 Å². The molecule has 3 rings (SSSR count). The Balaban J connectivity index is 1.53. The Kier molecular flexibility index (Phi) is 6.52. The van der Waals surface area contributed by atoms with E-state index in [-0.39, 0.29) is 5.28 Å². The van der Waals surface area contributed by atoms with Crippen molar-refractivity contribution in [2.24, 2.45) is 0 Å². The van der Waals surface area contributed by atoms with Gasteiger partial charge in [0.15, 0.2) is 11.5 Å². The third kappa shape index (κ3) is 4.99. The lowest BCUT2D eigenvalue weighted by Crippen LogP contribution is -2.38. The maximum atomic E-state index is 5.84. The first-order valence-electron chi connectivity index (χ1n) is 8.95. The van der Waals surface area contributed by atoms with Gasteiger partial charge in [-0.25, -0.2) is 9.97 Å². The number of hydrogen-bond acceptors (Lipinski definition) is 6. The first-order chi connectivity index (χ1) is 12.7. The van der Waals surface area contributed by atoms with Gasteiger partial charge in [0.25, 0.3) is 0 Å². The highest BCUT2D eigenvalue weighted by molar-refractivity contribution is 6.28. The van der Waals surface area contributed by atoms with Crippen LogP contribution in [-0.2, 0) is 6.54 Å². The monoisotopic (exact) mass is 376 g/mol. The van der Waals surface area contributed by atoms with Crippen molar-refractivity contribution in [2.75, 3.05) is 32.1 Å². The molecule has 0 radical (unpaired) electrons. The van der Waals surface area contributed by atoms with Crippen LogP contribution in [0.5, 0.6) is 11.5 Å². The highest BCUT2D eigenvalue weighted by Gasteiger charge is 2.20. The van der Waals surface area contributed by atoms with E-state index in [1.165, 1.54) is 5.56 Å². The van der Waals surface area contributed by atoms with Gasteiger partial charge in [-0.3, -0.25) is 4.90 Å². The van der Waals surface area contributed by atoms with Gasteiger partial charge in [0.2, 0.25) is 5.28 Å². The number of ether oxygens (including phenoxy) is 2. The van der Waals surface area contributed by atoms with Crippen LogP contribution in [0.15, 0.2) is 30.5 Å². The molecular formula is C19H25ClN4O2. The molecule has 0 amide bonds. The summed E-state index contributed by atoms with van der Waals surface area (Å²) in [5.41, 5.74) is 1.24. The van der Waals surface area contributed by atoms with Crippen molar-refractivity contribution in [1.82, 2.24) is 14.9 Å². The van der Waals surface area contributed by atoms with Gasteiger partial charge in [0.1, 0.15) is 5.82 Å². The highest BCUT2D eigenvalue weighted by atomic mass is 35.5. The summed E-state index contributed by atoms with van der Waals surface area (Å²) < 4.78 is 11.0. The summed E-state index contributed by atoms with van der Waals surface area (Å²) in [5.74, 6) is 2.38. The Morgan fingerprint density at radius 1 is 1.23 bits per heavy atom. The molecule has 1 aromatic heterocycles. The number of nitrogens with zero attached hydrogens (tertiary/aromatic N) is 3. The smallest absolute Gasteiger partial charge is 0.224 e. The van der Waals surface area contributed by atoms with Crippen LogP contribution in [0.4, 0.5) is 5.82 Å². The van der Waals surface area contributed by atoms with Gasteiger partial charge in [-0.05, 0) is 55.1 Å². The maximum absolute atomic E-state index is 5.84. The number of rotatable bonds is 7. The molecule has 1 N–H and O–H groups in total. The zero-order chi connectivity index (χ0) is 18.4. The lowest BCUT2D eigenvalue weighted by molar-refractivity contribution is 0.210. The summed E-state index contributed by atoms with van der Waals surface area (Å²) in [7, 11) is 1.67. The molecule has 1 aliphatic rings. The second-order valence-corrected chi connectivity index (χ2v) is 6.66.